The number of hydrogen-bond acceptors (Lipinski definition) is 10. The summed E-state index contributed by atoms with van der Waals surface area (Å²) in [5.41, 5.74) is 10.2. The van der Waals surface area contributed by atoms with Gasteiger partial charge in [0.25, 0.3) is 0 Å². The highest BCUT2D eigenvalue weighted by atomic mass is 32.2. The molecule has 218 valence electrons. The third-order valence-electron chi connectivity index (χ3n) is 9.54. The molecule has 5 fully saturated rings. The van der Waals surface area contributed by atoms with E-state index in [0.717, 1.165) is 38.2 Å². The molecule has 4 saturated heterocycles. The average Bonchev–Trinajstić information content (AvgIpc) is 3.58. The van der Waals surface area contributed by atoms with Gasteiger partial charge in [-0.3, -0.25) is 9.59 Å². The van der Waals surface area contributed by atoms with Crippen molar-refractivity contribution in [2.75, 3.05) is 45.2 Å². The highest BCUT2D eigenvalue weighted by Gasteiger charge is 2.51. The normalized spacial score (nSPS) is 43.1. The largest absolute Gasteiger partial charge is 0.472 e. The predicted octanol–water partition coefficient (Wildman–Crippen LogP) is -1.46. The molecule has 0 spiro atoms. The fourth-order valence-electron chi connectivity index (χ4n) is 7.31. The smallest absolute Gasteiger partial charge is 0.236 e. The molecular weight excluding hydrogens is 520 g/mol. The lowest BCUT2D eigenvalue weighted by molar-refractivity contribution is -0.431. The van der Waals surface area contributed by atoms with Crippen molar-refractivity contribution in [2.45, 2.75) is 86.3 Å². The molecule has 5 heterocycles. The number of fused-ring (bicyclic) bond motifs is 1. The van der Waals surface area contributed by atoms with E-state index in [4.69, 9.17) is 19.9 Å². The Morgan fingerprint density at radius 3 is 2.77 bits per heavy atom. The fourth-order valence-corrected chi connectivity index (χ4v) is 8.83. The van der Waals surface area contributed by atoms with Crippen molar-refractivity contribution in [1.82, 2.24) is 20.9 Å². The van der Waals surface area contributed by atoms with E-state index in [2.05, 4.69) is 26.6 Å². The summed E-state index contributed by atoms with van der Waals surface area (Å²) in [5, 5.41) is 11.2. The molecule has 1 amide bonds. The maximum Gasteiger partial charge on any atom is 0.236 e. The quantitative estimate of drug-likeness (QED) is 0.247. The Kier molecular flexibility index (Phi) is 8.69. The van der Waals surface area contributed by atoms with E-state index >= 15 is 0 Å². The lowest BCUT2D eigenvalue weighted by atomic mass is 9.85. The fraction of sp³-hybridized carbons (Fsp3) is 0.852. The van der Waals surface area contributed by atoms with Gasteiger partial charge in [0.15, 0.2) is 17.8 Å². The van der Waals surface area contributed by atoms with Crippen molar-refractivity contribution in [2.24, 2.45) is 17.6 Å². The number of carbonyl (C=O) groups is 2. The van der Waals surface area contributed by atoms with E-state index in [-0.39, 0.29) is 47.2 Å². The molecule has 0 aromatic heterocycles. The number of ether oxygens (including phenoxy) is 3. The summed E-state index contributed by atoms with van der Waals surface area (Å²) in [5.74, 6) is 1.87. The number of hydrogen-bond donors (Lipinski definition) is 5. The first-order valence-electron chi connectivity index (χ1n) is 14.8. The van der Waals surface area contributed by atoms with Crippen molar-refractivity contribution >= 4 is 23.5 Å². The van der Waals surface area contributed by atoms with Crippen LogP contribution in [0.4, 0.5) is 0 Å². The van der Waals surface area contributed by atoms with Crippen LogP contribution in [-0.2, 0) is 23.8 Å². The van der Waals surface area contributed by atoms with Crippen LogP contribution in [0.25, 0.3) is 0 Å². The zero-order chi connectivity index (χ0) is 26.9. The summed E-state index contributed by atoms with van der Waals surface area (Å²) >= 11 is 1.89. The Labute approximate surface area is 234 Å². The molecule has 0 aromatic rings. The number of thioether (sulfide) groups is 1. The van der Waals surface area contributed by atoms with Gasteiger partial charge in [-0.25, -0.2) is 0 Å². The number of nitrogens with two attached hydrogens (primary N) is 1. The monoisotopic (exact) mass is 565 g/mol. The van der Waals surface area contributed by atoms with Gasteiger partial charge < -0.3 is 46.5 Å². The van der Waals surface area contributed by atoms with Gasteiger partial charge in [-0.1, -0.05) is 6.42 Å². The number of nitrogens with one attached hydrogen (secondary N) is 3. The molecule has 5 aliphatic heterocycles. The lowest BCUT2D eigenvalue weighted by Crippen LogP contribution is -2.72. The standard InChI is InChI=1S/C27H44N6O5S/c28-18-3-1-2-4-19(18)31-16-10-20(24(27(29)35)30-12-16)32-22-9-15(14-39-22)17-13-37-26-21(34)11-23(38-25(17)26)33-5-7-36-8-6-33/h11,15-20,22,24-26,30-32H,1-10,12-14,28H2,(H2,29,35)/p+1/t15?,16?,17?,18-,19+,20?,22?,24?,25?,26?/m1/s1. The molecule has 1 aliphatic carbocycles. The van der Waals surface area contributed by atoms with E-state index < -0.39 is 6.10 Å². The molecule has 12 heteroatoms. The molecule has 39 heavy (non-hydrogen) atoms. The first-order chi connectivity index (χ1) is 19.0. The van der Waals surface area contributed by atoms with E-state index in [9.17, 15) is 9.59 Å². The van der Waals surface area contributed by atoms with Crippen LogP contribution in [0.5, 0.6) is 0 Å². The summed E-state index contributed by atoms with van der Waals surface area (Å²) in [6.07, 6.45) is 7.50. The maximum absolute atomic E-state index is 12.9. The molecule has 8 N–H and O–H groups in total. The van der Waals surface area contributed by atoms with Crippen LogP contribution in [0.2, 0.25) is 0 Å². The lowest BCUT2D eigenvalue weighted by Gasteiger charge is -2.40. The summed E-state index contributed by atoms with van der Waals surface area (Å²) in [6, 6.07) is 0.738. The summed E-state index contributed by atoms with van der Waals surface area (Å²) in [4.78, 5) is 27.3. The molecular formula is C27H45N6O5S+. The minimum atomic E-state index is -0.512. The summed E-state index contributed by atoms with van der Waals surface area (Å²) < 4.78 is 17.9. The molecule has 0 aromatic carbocycles. The van der Waals surface area contributed by atoms with Gasteiger partial charge in [-0.05, 0) is 37.4 Å². The Hall–Kier alpha value is -1.41. The van der Waals surface area contributed by atoms with Gasteiger partial charge >= 0.3 is 0 Å². The second-order valence-electron chi connectivity index (χ2n) is 12.1. The number of piperidine rings is 1. The van der Waals surface area contributed by atoms with Crippen molar-refractivity contribution in [1.29, 1.82) is 0 Å². The minimum Gasteiger partial charge on any atom is -0.472 e. The van der Waals surface area contributed by atoms with Crippen LogP contribution < -0.4 is 27.4 Å². The van der Waals surface area contributed by atoms with Gasteiger partial charge in [0.1, 0.15) is 12.1 Å². The van der Waals surface area contributed by atoms with Crippen molar-refractivity contribution in [3.8, 4) is 0 Å². The molecule has 6 rings (SSSR count). The number of rotatable bonds is 7. The third-order valence-corrected chi connectivity index (χ3v) is 10.9. The second kappa shape index (κ2) is 12.2. The van der Waals surface area contributed by atoms with Gasteiger partial charge in [0.05, 0.1) is 37.3 Å². The van der Waals surface area contributed by atoms with E-state index in [1.807, 2.05) is 11.8 Å². The first-order valence-corrected chi connectivity index (χ1v) is 15.9. The van der Waals surface area contributed by atoms with E-state index in [1.165, 1.54) is 25.7 Å². The van der Waals surface area contributed by atoms with Gasteiger partial charge in [0, 0.05) is 50.1 Å². The van der Waals surface area contributed by atoms with Crippen LogP contribution in [0, 0.1) is 11.8 Å². The zero-order valence-electron chi connectivity index (χ0n) is 22.7. The van der Waals surface area contributed by atoms with Gasteiger partial charge in [-0.2, -0.15) is 0 Å². The zero-order valence-corrected chi connectivity index (χ0v) is 23.5. The van der Waals surface area contributed by atoms with Crippen LogP contribution in [0.3, 0.4) is 0 Å². The number of quaternary nitrogens is 1. The van der Waals surface area contributed by atoms with Crippen LogP contribution in [0.15, 0.2) is 12.0 Å². The van der Waals surface area contributed by atoms with Crippen molar-refractivity contribution < 1.29 is 29.5 Å². The third kappa shape index (κ3) is 6.12. The van der Waals surface area contributed by atoms with Gasteiger partial charge in [0.2, 0.25) is 5.91 Å². The average molecular weight is 566 g/mol. The Bertz CT molecular complexity index is 934. The number of nitrogens with zero attached hydrogens (tertiary/aromatic N) is 1. The van der Waals surface area contributed by atoms with Crippen LogP contribution in [-0.4, -0.2) is 110 Å². The Morgan fingerprint density at radius 1 is 1.15 bits per heavy atom. The Morgan fingerprint density at radius 2 is 1.97 bits per heavy atom. The number of amides is 1. The van der Waals surface area contributed by atoms with Crippen molar-refractivity contribution in [3.63, 3.8) is 0 Å². The number of ketones is 1. The molecule has 0 radical (unpaired) electrons. The first kappa shape index (κ1) is 27.7. The summed E-state index contributed by atoms with van der Waals surface area (Å²) in [6.45, 7) is 4.03. The number of morpholine rings is 1. The molecule has 0 bridgehead atoms. The topological polar surface area (TPSA) is 155 Å². The maximum atomic E-state index is 12.9. The second-order valence-corrected chi connectivity index (χ2v) is 13.3. The molecule has 10 atom stereocenters. The van der Waals surface area contributed by atoms with Crippen LogP contribution in [0.1, 0.15) is 38.5 Å². The number of carbonyl (C=O) groups excluding carboxylic acids is 2. The minimum absolute atomic E-state index is 0.00849. The molecule has 6 aliphatic rings. The predicted molar refractivity (Wildman–Crippen MR) is 146 cm³/mol. The van der Waals surface area contributed by atoms with Crippen molar-refractivity contribution in [3.05, 3.63) is 12.0 Å². The molecule has 11 nitrogen and oxygen atoms in total. The van der Waals surface area contributed by atoms with Crippen LogP contribution >= 0.6 is 11.8 Å². The number of primary amides is 1. The molecule has 8 unspecified atom stereocenters. The van der Waals surface area contributed by atoms with Gasteiger partial charge in [-0.15, -0.1) is 11.8 Å². The Balaban J connectivity index is 1.06. The summed E-state index contributed by atoms with van der Waals surface area (Å²) in [7, 11) is 0. The SMILES string of the molecule is NC(=O)C1NCC(N[C@H]2CCCC[C@H]2[NH3+])CC1NC1CC(C2COC3C(=O)C=C(N4CCOCC4)OC32)CS1. The molecule has 1 saturated carbocycles. The highest BCUT2D eigenvalue weighted by Crippen LogP contribution is 2.43. The highest BCUT2D eigenvalue weighted by molar-refractivity contribution is 8.00. The van der Waals surface area contributed by atoms with E-state index in [1.54, 1.807) is 6.08 Å². The van der Waals surface area contributed by atoms with E-state index in [0.29, 0.717) is 43.7 Å².